The van der Waals surface area contributed by atoms with Crippen LogP contribution in [0.25, 0.3) is 12.2 Å². The topological polar surface area (TPSA) is 54.0 Å². The predicted molar refractivity (Wildman–Crippen MR) is 207 cm³/mol. The Kier molecular flexibility index (Phi) is 14.3. The van der Waals surface area contributed by atoms with Gasteiger partial charge in [0.25, 0.3) is 0 Å². The minimum absolute atomic E-state index is 0.0720. The summed E-state index contributed by atoms with van der Waals surface area (Å²) in [7, 11) is -3.75. The second-order valence-corrected chi connectivity index (χ2v) is 27.1. The van der Waals surface area contributed by atoms with E-state index in [2.05, 4.69) is 136 Å². The van der Waals surface area contributed by atoms with E-state index in [4.69, 9.17) is 18.3 Å². The highest BCUT2D eigenvalue weighted by atomic mass is 28.4. The fourth-order valence-corrected chi connectivity index (χ4v) is 7.13. The van der Waals surface area contributed by atoms with Crippen LogP contribution in [0.4, 0.5) is 0 Å². The van der Waals surface area contributed by atoms with E-state index >= 15 is 0 Å². The lowest BCUT2D eigenvalue weighted by molar-refractivity contribution is -0.212. The van der Waals surface area contributed by atoms with Crippen LogP contribution in [-0.4, -0.2) is 40.9 Å². The number of benzene rings is 2. The first-order valence-electron chi connectivity index (χ1n) is 18.2. The maximum Gasteiger partial charge on any atom is 0.218 e. The zero-order chi connectivity index (χ0) is 35.8. The van der Waals surface area contributed by atoms with Gasteiger partial charge in [-0.2, -0.15) is 0 Å². The standard InChI is InChI=1S/C41H66O5Si2/c1-39(2,3)47(9,10)44-30-35-27-34(28-36(29-35)31-45-48(11,12)40(4,5)6)23-22-33-20-16-19-32(26-33)18-14-13-15-24-41(7,8)46-38-37(42)21-17-25-43-38/h16,19-20,22-23,26-29,38H,13-15,17-18,21,24-25,30-31H2,1-12H3. The Bertz CT molecular complexity index is 1320. The van der Waals surface area contributed by atoms with E-state index in [1.165, 1.54) is 27.8 Å². The molecular weight excluding hydrogens is 629 g/mol. The molecule has 0 saturated carbocycles. The third-order valence-electron chi connectivity index (χ3n) is 10.6. The van der Waals surface area contributed by atoms with Crippen molar-refractivity contribution in [2.45, 2.75) is 162 Å². The predicted octanol–water partition coefficient (Wildman–Crippen LogP) is 11.5. The van der Waals surface area contributed by atoms with Gasteiger partial charge in [0.1, 0.15) is 0 Å². The molecule has 0 aromatic heterocycles. The van der Waals surface area contributed by atoms with Crippen molar-refractivity contribution in [3.63, 3.8) is 0 Å². The lowest BCUT2D eigenvalue weighted by atomic mass is 9.98. The third kappa shape index (κ3) is 12.8. The molecule has 2 aromatic rings. The van der Waals surface area contributed by atoms with Crippen molar-refractivity contribution < 1.29 is 23.1 Å². The van der Waals surface area contributed by atoms with Crippen LogP contribution in [0.1, 0.15) is 122 Å². The summed E-state index contributed by atoms with van der Waals surface area (Å²) in [5.41, 5.74) is 5.78. The average Bonchev–Trinajstić information content (AvgIpc) is 2.98. The monoisotopic (exact) mass is 694 g/mol. The summed E-state index contributed by atoms with van der Waals surface area (Å²) >= 11 is 0. The number of hydrogen-bond acceptors (Lipinski definition) is 5. The molecule has 1 saturated heterocycles. The highest BCUT2D eigenvalue weighted by molar-refractivity contribution is 6.74. The summed E-state index contributed by atoms with van der Waals surface area (Å²) in [5, 5.41) is 0.334. The number of aryl methyl sites for hydroxylation is 1. The summed E-state index contributed by atoms with van der Waals surface area (Å²) < 4.78 is 24.9. The van der Waals surface area contributed by atoms with Crippen LogP contribution in [0.15, 0.2) is 42.5 Å². The average molecular weight is 695 g/mol. The first-order valence-corrected chi connectivity index (χ1v) is 24.0. The first-order chi connectivity index (χ1) is 22.2. The number of rotatable bonds is 16. The Labute approximate surface area is 295 Å². The Morgan fingerprint density at radius 2 is 1.31 bits per heavy atom. The molecule has 48 heavy (non-hydrogen) atoms. The minimum atomic E-state index is -1.88. The maximum absolute atomic E-state index is 12.1. The van der Waals surface area contributed by atoms with Crippen LogP contribution in [0.2, 0.25) is 36.3 Å². The molecule has 0 amide bonds. The van der Waals surface area contributed by atoms with Crippen LogP contribution in [0.3, 0.4) is 0 Å². The molecule has 1 unspecified atom stereocenters. The van der Waals surface area contributed by atoms with E-state index < -0.39 is 22.9 Å². The Hall–Kier alpha value is -1.88. The number of Topliss-reactive ketones (excluding diaryl/α,β-unsaturated/α-hetero) is 1. The summed E-state index contributed by atoms with van der Waals surface area (Å²) in [5.74, 6) is 0.0720. The zero-order valence-corrected chi connectivity index (χ0v) is 34.4. The highest BCUT2D eigenvalue weighted by Crippen LogP contribution is 2.38. The van der Waals surface area contributed by atoms with Crippen molar-refractivity contribution in [3.05, 3.63) is 70.3 Å². The Balaban J connectivity index is 1.63. The van der Waals surface area contributed by atoms with E-state index in [0.29, 0.717) is 26.2 Å². The smallest absolute Gasteiger partial charge is 0.218 e. The van der Waals surface area contributed by atoms with Crippen LogP contribution in [-0.2, 0) is 42.8 Å². The number of hydrogen-bond donors (Lipinski definition) is 0. The fourth-order valence-electron chi connectivity index (χ4n) is 5.21. The molecule has 7 heteroatoms. The molecule has 0 bridgehead atoms. The van der Waals surface area contributed by atoms with E-state index in [1.54, 1.807) is 0 Å². The van der Waals surface area contributed by atoms with Gasteiger partial charge in [0.05, 0.1) is 25.4 Å². The zero-order valence-electron chi connectivity index (χ0n) is 32.4. The molecule has 268 valence electrons. The van der Waals surface area contributed by atoms with E-state index in [0.717, 1.165) is 38.5 Å². The van der Waals surface area contributed by atoms with E-state index in [9.17, 15) is 4.79 Å². The largest absolute Gasteiger partial charge is 0.413 e. The van der Waals surface area contributed by atoms with Crippen molar-refractivity contribution in [1.29, 1.82) is 0 Å². The second-order valence-electron chi connectivity index (χ2n) is 17.5. The van der Waals surface area contributed by atoms with Gasteiger partial charge in [0, 0.05) is 6.42 Å². The third-order valence-corrected chi connectivity index (χ3v) is 19.5. The molecule has 0 spiro atoms. The van der Waals surface area contributed by atoms with Gasteiger partial charge in [0.2, 0.25) is 6.29 Å². The van der Waals surface area contributed by atoms with Gasteiger partial charge >= 0.3 is 0 Å². The number of ketones is 1. The lowest BCUT2D eigenvalue weighted by Crippen LogP contribution is -2.40. The van der Waals surface area contributed by atoms with Crippen LogP contribution in [0.5, 0.6) is 0 Å². The van der Waals surface area contributed by atoms with Gasteiger partial charge in [-0.15, -0.1) is 0 Å². The minimum Gasteiger partial charge on any atom is -0.413 e. The molecule has 1 aliphatic heterocycles. The van der Waals surface area contributed by atoms with Crippen molar-refractivity contribution in [2.75, 3.05) is 6.61 Å². The van der Waals surface area contributed by atoms with Gasteiger partial charge in [-0.05, 0) is 116 Å². The molecule has 3 rings (SSSR count). The van der Waals surface area contributed by atoms with Crippen molar-refractivity contribution in [2.24, 2.45) is 0 Å². The molecular formula is C41H66O5Si2. The van der Waals surface area contributed by atoms with Gasteiger partial charge < -0.3 is 18.3 Å². The van der Waals surface area contributed by atoms with Gasteiger partial charge in [-0.3, -0.25) is 4.79 Å². The number of unbranched alkanes of at least 4 members (excludes halogenated alkanes) is 2. The molecule has 1 aliphatic rings. The van der Waals surface area contributed by atoms with Crippen molar-refractivity contribution in [1.82, 2.24) is 0 Å². The number of ether oxygens (including phenoxy) is 2. The van der Waals surface area contributed by atoms with Crippen molar-refractivity contribution in [3.8, 4) is 0 Å². The quantitative estimate of drug-likeness (QED) is 0.0994. The van der Waals surface area contributed by atoms with Crippen molar-refractivity contribution >= 4 is 34.6 Å². The second kappa shape index (κ2) is 16.9. The maximum atomic E-state index is 12.1. The van der Waals surface area contributed by atoms with Crippen LogP contribution in [0, 0.1) is 0 Å². The van der Waals surface area contributed by atoms with Gasteiger partial charge in [-0.25, -0.2) is 0 Å². The summed E-state index contributed by atoms with van der Waals surface area (Å²) in [6, 6.07) is 15.7. The molecule has 1 heterocycles. The highest BCUT2D eigenvalue weighted by Gasteiger charge is 2.38. The molecule has 1 atom stereocenters. The molecule has 2 aromatic carbocycles. The fraction of sp³-hybridized carbons (Fsp3) is 0.634. The number of carbonyl (C=O) groups excluding carboxylic acids is 1. The van der Waals surface area contributed by atoms with Crippen LogP contribution < -0.4 is 0 Å². The molecule has 5 nitrogen and oxygen atoms in total. The lowest BCUT2D eigenvalue weighted by Gasteiger charge is -2.36. The number of carbonyl (C=O) groups is 1. The summed E-state index contributed by atoms with van der Waals surface area (Å²) in [6.45, 7) is 29.0. The van der Waals surface area contributed by atoms with E-state index in [-0.39, 0.29) is 21.5 Å². The summed E-state index contributed by atoms with van der Waals surface area (Å²) in [4.78, 5) is 12.1. The van der Waals surface area contributed by atoms with Gasteiger partial charge in [0.15, 0.2) is 22.4 Å². The van der Waals surface area contributed by atoms with E-state index in [1.807, 2.05) is 0 Å². The Morgan fingerprint density at radius 3 is 1.88 bits per heavy atom. The molecule has 0 aliphatic carbocycles. The molecule has 1 fully saturated rings. The SMILES string of the molecule is CC(C)(CCCCCc1cccc(C=Cc2cc(CO[Si](C)(C)C(C)(C)C)cc(CO[Si](C)(C)C(C)(C)C)c2)c1)OC1OCCCC1=O. The molecule has 0 radical (unpaired) electrons. The molecule has 0 N–H and O–H groups in total. The summed E-state index contributed by atoms with van der Waals surface area (Å²) in [6.07, 6.45) is 10.4. The van der Waals surface area contributed by atoms with Gasteiger partial charge in [-0.1, -0.05) is 96.9 Å². The Morgan fingerprint density at radius 1 is 0.750 bits per heavy atom. The normalized spacial score (nSPS) is 17.0. The van der Waals surface area contributed by atoms with Crippen LogP contribution >= 0.6 is 0 Å². The first kappa shape index (κ1) is 40.6.